The molecular weight excluding hydrogens is 168 g/mol. The van der Waals surface area contributed by atoms with Crippen LogP contribution in [0.1, 0.15) is 25.5 Å². The first-order chi connectivity index (χ1) is 6.20. The second kappa shape index (κ2) is 2.69. The first-order valence-electron chi connectivity index (χ1n) is 4.12. The van der Waals surface area contributed by atoms with Gasteiger partial charge < -0.3 is 0 Å². The molecular formula is C8H10N4O. The number of fused-ring (bicyclic) bond motifs is 1. The van der Waals surface area contributed by atoms with Crippen molar-refractivity contribution in [3.8, 4) is 0 Å². The van der Waals surface area contributed by atoms with E-state index in [1.54, 1.807) is 12.4 Å². The van der Waals surface area contributed by atoms with Gasteiger partial charge in [-0.1, -0.05) is 13.8 Å². The molecule has 2 rings (SSSR count). The van der Waals surface area contributed by atoms with Crippen molar-refractivity contribution in [2.24, 2.45) is 0 Å². The summed E-state index contributed by atoms with van der Waals surface area (Å²) in [5.74, 6) is 0.263. The van der Waals surface area contributed by atoms with Gasteiger partial charge in [-0.25, -0.2) is 14.3 Å². The Balaban J connectivity index is 2.84. The fourth-order valence-corrected chi connectivity index (χ4v) is 1.27. The predicted octanol–water partition coefficient (Wildman–Crippen LogP) is 0.541. The maximum atomic E-state index is 11.2. The molecule has 0 aliphatic carbocycles. The van der Waals surface area contributed by atoms with Crippen LogP contribution in [0.2, 0.25) is 0 Å². The summed E-state index contributed by atoms with van der Waals surface area (Å²) in [5, 5.41) is 6.29. The fraction of sp³-hybridized carbons (Fsp3) is 0.375. The van der Waals surface area contributed by atoms with E-state index in [1.807, 2.05) is 13.8 Å². The third kappa shape index (κ3) is 1.12. The monoisotopic (exact) mass is 178 g/mol. The molecule has 0 fully saturated rings. The quantitative estimate of drug-likeness (QED) is 0.693. The van der Waals surface area contributed by atoms with Gasteiger partial charge in [-0.3, -0.25) is 4.98 Å². The van der Waals surface area contributed by atoms with Crippen LogP contribution in [0.5, 0.6) is 0 Å². The van der Waals surface area contributed by atoms with Gasteiger partial charge in [-0.05, 0) is 5.92 Å². The number of aromatic nitrogens is 4. The molecule has 2 heterocycles. The largest absolute Gasteiger partial charge is 0.347 e. The molecule has 0 atom stereocenters. The van der Waals surface area contributed by atoms with Crippen molar-refractivity contribution in [3.05, 3.63) is 28.6 Å². The van der Waals surface area contributed by atoms with E-state index in [1.165, 1.54) is 4.40 Å². The van der Waals surface area contributed by atoms with Crippen molar-refractivity contribution in [1.82, 2.24) is 19.6 Å². The highest BCUT2D eigenvalue weighted by Crippen LogP contribution is 2.13. The molecule has 0 saturated heterocycles. The normalized spacial score (nSPS) is 11.3. The molecule has 0 aliphatic heterocycles. The smallest absolute Gasteiger partial charge is 0.256 e. The van der Waals surface area contributed by atoms with E-state index in [0.717, 1.165) is 5.69 Å². The lowest BCUT2D eigenvalue weighted by Crippen LogP contribution is -2.10. The Kier molecular flexibility index (Phi) is 1.65. The minimum absolute atomic E-state index is 0.223. The van der Waals surface area contributed by atoms with E-state index >= 15 is 0 Å². The van der Waals surface area contributed by atoms with Crippen molar-refractivity contribution in [1.29, 1.82) is 0 Å². The van der Waals surface area contributed by atoms with Gasteiger partial charge in [0.15, 0.2) is 5.65 Å². The highest BCUT2D eigenvalue weighted by Gasteiger charge is 2.09. The van der Waals surface area contributed by atoms with Gasteiger partial charge in [0.05, 0.1) is 5.69 Å². The average molecular weight is 178 g/mol. The third-order valence-electron chi connectivity index (χ3n) is 1.91. The van der Waals surface area contributed by atoms with Crippen LogP contribution >= 0.6 is 0 Å². The van der Waals surface area contributed by atoms with Crippen LogP contribution in [0.25, 0.3) is 5.65 Å². The van der Waals surface area contributed by atoms with Gasteiger partial charge in [0.1, 0.15) is 0 Å². The fourth-order valence-electron chi connectivity index (χ4n) is 1.27. The van der Waals surface area contributed by atoms with Crippen molar-refractivity contribution >= 4 is 5.65 Å². The van der Waals surface area contributed by atoms with Crippen LogP contribution < -0.4 is 5.69 Å². The molecule has 0 radical (unpaired) electrons. The number of aromatic amines is 1. The summed E-state index contributed by atoms with van der Waals surface area (Å²) in [7, 11) is 0. The minimum atomic E-state index is -0.223. The van der Waals surface area contributed by atoms with E-state index < -0.39 is 0 Å². The average Bonchev–Trinajstić information content (AvgIpc) is 2.48. The molecule has 5 heteroatoms. The molecule has 0 unspecified atom stereocenters. The van der Waals surface area contributed by atoms with Crippen LogP contribution in [0, 0.1) is 0 Å². The van der Waals surface area contributed by atoms with Crippen LogP contribution in [0.3, 0.4) is 0 Å². The first kappa shape index (κ1) is 7.97. The van der Waals surface area contributed by atoms with E-state index in [4.69, 9.17) is 0 Å². The number of nitrogens with zero attached hydrogens (tertiary/aromatic N) is 3. The zero-order valence-corrected chi connectivity index (χ0v) is 7.48. The molecule has 5 nitrogen and oxygen atoms in total. The molecule has 0 amide bonds. The van der Waals surface area contributed by atoms with Crippen molar-refractivity contribution < 1.29 is 0 Å². The van der Waals surface area contributed by atoms with Gasteiger partial charge >= 0.3 is 5.69 Å². The van der Waals surface area contributed by atoms with Crippen molar-refractivity contribution in [3.63, 3.8) is 0 Å². The number of H-pyrrole nitrogens is 1. The van der Waals surface area contributed by atoms with E-state index in [2.05, 4.69) is 15.2 Å². The molecule has 0 saturated carbocycles. The molecule has 68 valence electrons. The topological polar surface area (TPSA) is 63.1 Å². The summed E-state index contributed by atoms with van der Waals surface area (Å²) in [5.41, 5.74) is 1.22. The minimum Gasteiger partial charge on any atom is -0.256 e. The first-order valence-corrected chi connectivity index (χ1v) is 4.12. The van der Waals surface area contributed by atoms with Gasteiger partial charge in [-0.2, -0.15) is 5.10 Å². The summed E-state index contributed by atoms with van der Waals surface area (Å²) in [4.78, 5) is 15.3. The molecule has 13 heavy (non-hydrogen) atoms. The van der Waals surface area contributed by atoms with Gasteiger partial charge in [0.2, 0.25) is 0 Å². The molecule has 2 aromatic heterocycles. The molecule has 0 aromatic carbocycles. The SMILES string of the molecule is CC(C)c1nccn2c(=O)[nH]nc12. The van der Waals surface area contributed by atoms with E-state index in [0.29, 0.717) is 5.65 Å². The number of hydrogen-bond acceptors (Lipinski definition) is 3. The summed E-state index contributed by atoms with van der Waals surface area (Å²) in [6, 6.07) is 0. The van der Waals surface area contributed by atoms with Gasteiger partial charge in [0, 0.05) is 12.4 Å². The second-order valence-corrected chi connectivity index (χ2v) is 3.19. The molecule has 0 spiro atoms. The summed E-state index contributed by atoms with van der Waals surface area (Å²) in [6.45, 7) is 4.03. The zero-order chi connectivity index (χ0) is 9.42. The summed E-state index contributed by atoms with van der Waals surface area (Å²) >= 11 is 0. The Morgan fingerprint density at radius 1 is 1.54 bits per heavy atom. The second-order valence-electron chi connectivity index (χ2n) is 3.19. The Morgan fingerprint density at radius 2 is 2.31 bits per heavy atom. The predicted molar refractivity (Wildman–Crippen MR) is 47.7 cm³/mol. The lowest BCUT2D eigenvalue weighted by Gasteiger charge is -2.03. The van der Waals surface area contributed by atoms with Gasteiger partial charge in [0.25, 0.3) is 0 Å². The van der Waals surface area contributed by atoms with Crippen molar-refractivity contribution in [2.75, 3.05) is 0 Å². The Hall–Kier alpha value is -1.65. The maximum absolute atomic E-state index is 11.2. The number of nitrogens with one attached hydrogen (secondary N) is 1. The van der Waals surface area contributed by atoms with Crippen LogP contribution in [-0.4, -0.2) is 19.6 Å². The van der Waals surface area contributed by atoms with Gasteiger partial charge in [-0.15, -0.1) is 0 Å². The Labute approximate surface area is 74.4 Å². The molecule has 2 aromatic rings. The molecule has 0 bridgehead atoms. The summed E-state index contributed by atoms with van der Waals surface area (Å²) in [6.07, 6.45) is 3.21. The zero-order valence-electron chi connectivity index (χ0n) is 7.48. The number of rotatable bonds is 1. The van der Waals surface area contributed by atoms with Crippen molar-refractivity contribution in [2.45, 2.75) is 19.8 Å². The van der Waals surface area contributed by atoms with E-state index in [9.17, 15) is 4.79 Å². The molecule has 1 N–H and O–H groups in total. The van der Waals surface area contributed by atoms with Crippen LogP contribution in [0.15, 0.2) is 17.2 Å². The summed E-state index contributed by atoms with van der Waals surface area (Å²) < 4.78 is 1.46. The molecule has 0 aliphatic rings. The lowest BCUT2D eigenvalue weighted by molar-refractivity contribution is 0.815. The Morgan fingerprint density at radius 3 is 3.00 bits per heavy atom. The standard InChI is InChI=1S/C8H10N4O/c1-5(2)6-7-10-11-8(13)12(7)4-3-9-6/h3-5H,1-2H3,(H,11,13). The maximum Gasteiger partial charge on any atom is 0.347 e. The van der Waals surface area contributed by atoms with Crippen LogP contribution in [-0.2, 0) is 0 Å². The number of hydrogen-bond donors (Lipinski definition) is 1. The highest BCUT2D eigenvalue weighted by atomic mass is 16.1. The van der Waals surface area contributed by atoms with E-state index in [-0.39, 0.29) is 11.6 Å². The highest BCUT2D eigenvalue weighted by molar-refractivity contribution is 5.43. The third-order valence-corrected chi connectivity index (χ3v) is 1.91. The van der Waals surface area contributed by atoms with Crippen LogP contribution in [0.4, 0.5) is 0 Å². The lowest BCUT2D eigenvalue weighted by atomic mass is 10.1. The Bertz CT molecular complexity index is 482.